The number of hydroxylamine groups is 2. The minimum atomic E-state index is -1.79. The molecular formula is C18H35NO4Si. The van der Waals surface area contributed by atoms with Crippen molar-refractivity contribution in [2.75, 3.05) is 13.2 Å². The number of hydrogen-bond donors (Lipinski definition) is 0. The Balaban J connectivity index is 2.00. The van der Waals surface area contributed by atoms with Gasteiger partial charge in [-0.2, -0.15) is 5.06 Å². The molecule has 0 amide bonds. The van der Waals surface area contributed by atoms with Crippen molar-refractivity contribution in [2.45, 2.75) is 90.3 Å². The van der Waals surface area contributed by atoms with Gasteiger partial charge in [0, 0.05) is 25.4 Å². The Morgan fingerprint density at radius 3 is 2.58 bits per heavy atom. The third-order valence-electron chi connectivity index (χ3n) is 5.92. The van der Waals surface area contributed by atoms with Crippen molar-refractivity contribution in [2.24, 2.45) is 5.92 Å². The van der Waals surface area contributed by atoms with E-state index >= 15 is 0 Å². The van der Waals surface area contributed by atoms with Crippen LogP contribution in [0.25, 0.3) is 0 Å². The van der Waals surface area contributed by atoms with Gasteiger partial charge in [-0.15, -0.1) is 0 Å². The fourth-order valence-electron chi connectivity index (χ4n) is 3.62. The van der Waals surface area contributed by atoms with E-state index in [4.69, 9.17) is 14.0 Å². The number of piperidine rings is 1. The van der Waals surface area contributed by atoms with Crippen LogP contribution < -0.4 is 0 Å². The molecule has 1 unspecified atom stereocenters. The number of nitrogens with zero attached hydrogens (tertiary/aromatic N) is 1. The number of rotatable bonds is 6. The highest BCUT2D eigenvalue weighted by Gasteiger charge is 2.51. The number of carbonyl (C=O) groups excluding carboxylic acids is 1. The summed E-state index contributed by atoms with van der Waals surface area (Å²) >= 11 is 0. The Morgan fingerprint density at radius 2 is 2.00 bits per heavy atom. The standard InChI is InChI=1S/C18H35NO4Si/c1-13-17-15(9-8-12-21-14(2)20)19(22-13)11-10-16(17)23-24(6,7)18(3,4)5/h13,15-17H,8-12H2,1-7H3/t13-,15+,16-,17-/m1/s1. The van der Waals surface area contributed by atoms with Gasteiger partial charge in [0.25, 0.3) is 0 Å². The maximum atomic E-state index is 10.9. The molecule has 0 aromatic carbocycles. The first-order valence-corrected chi connectivity index (χ1v) is 12.2. The predicted molar refractivity (Wildman–Crippen MR) is 97.1 cm³/mol. The third-order valence-corrected chi connectivity index (χ3v) is 10.4. The monoisotopic (exact) mass is 357 g/mol. The van der Waals surface area contributed by atoms with Crippen LogP contribution in [0.2, 0.25) is 18.1 Å². The molecule has 0 aliphatic carbocycles. The van der Waals surface area contributed by atoms with Gasteiger partial charge in [-0.05, 0) is 44.3 Å². The molecule has 140 valence electrons. The highest BCUT2D eigenvalue weighted by molar-refractivity contribution is 6.74. The summed E-state index contributed by atoms with van der Waals surface area (Å²) in [6.45, 7) is 16.6. The second-order valence-electron chi connectivity index (χ2n) is 8.78. The Hall–Kier alpha value is -0.433. The Bertz CT molecular complexity index is 449. The van der Waals surface area contributed by atoms with E-state index in [1.54, 1.807) is 0 Å². The molecule has 0 aromatic heterocycles. The van der Waals surface area contributed by atoms with Gasteiger partial charge >= 0.3 is 5.97 Å². The van der Waals surface area contributed by atoms with Crippen molar-refractivity contribution in [1.29, 1.82) is 0 Å². The zero-order valence-electron chi connectivity index (χ0n) is 16.4. The summed E-state index contributed by atoms with van der Waals surface area (Å²) in [5.41, 5.74) is 0. The second kappa shape index (κ2) is 7.44. The summed E-state index contributed by atoms with van der Waals surface area (Å²) in [5.74, 6) is 0.205. The SMILES string of the molecule is CC(=O)OCCC[C@H]1[C@H]2[C@@H](C)ON1CC[C@H]2O[Si](C)(C)C(C)(C)C. The Morgan fingerprint density at radius 1 is 1.33 bits per heavy atom. The van der Waals surface area contributed by atoms with Gasteiger partial charge in [-0.3, -0.25) is 9.63 Å². The molecular weight excluding hydrogens is 322 g/mol. The molecule has 24 heavy (non-hydrogen) atoms. The summed E-state index contributed by atoms with van der Waals surface area (Å²) in [5, 5.41) is 2.37. The molecule has 2 bridgehead atoms. The van der Waals surface area contributed by atoms with Gasteiger partial charge in [0.2, 0.25) is 0 Å². The zero-order chi connectivity index (χ0) is 18.1. The highest BCUT2D eigenvalue weighted by atomic mass is 28.4. The number of carbonyl (C=O) groups is 1. The Kier molecular flexibility index (Phi) is 6.16. The average Bonchev–Trinajstić information content (AvgIpc) is 2.65. The van der Waals surface area contributed by atoms with E-state index in [1.165, 1.54) is 6.92 Å². The van der Waals surface area contributed by atoms with Gasteiger partial charge in [0.15, 0.2) is 8.32 Å². The van der Waals surface area contributed by atoms with Crippen LogP contribution in [0, 0.1) is 5.92 Å². The zero-order valence-corrected chi connectivity index (χ0v) is 17.4. The first kappa shape index (κ1) is 19.9. The summed E-state index contributed by atoms with van der Waals surface area (Å²) in [4.78, 5) is 17.0. The van der Waals surface area contributed by atoms with Crippen LogP contribution in [0.3, 0.4) is 0 Å². The van der Waals surface area contributed by atoms with Crippen molar-refractivity contribution < 1.29 is 18.8 Å². The highest BCUT2D eigenvalue weighted by Crippen LogP contribution is 2.44. The first-order chi connectivity index (χ1) is 11.0. The average molecular weight is 358 g/mol. The van der Waals surface area contributed by atoms with Crippen molar-refractivity contribution in [1.82, 2.24) is 5.06 Å². The van der Waals surface area contributed by atoms with Crippen LogP contribution in [0.15, 0.2) is 0 Å². The lowest BCUT2D eigenvalue weighted by Crippen LogP contribution is -2.52. The molecule has 0 N–H and O–H groups in total. The van der Waals surface area contributed by atoms with Crippen LogP contribution >= 0.6 is 0 Å². The van der Waals surface area contributed by atoms with E-state index in [9.17, 15) is 4.79 Å². The molecule has 2 fully saturated rings. The summed E-state index contributed by atoms with van der Waals surface area (Å²) in [6, 6.07) is 0.374. The van der Waals surface area contributed by atoms with E-state index in [0.29, 0.717) is 18.6 Å². The van der Waals surface area contributed by atoms with Crippen molar-refractivity contribution in [3.8, 4) is 0 Å². The van der Waals surface area contributed by atoms with Crippen LogP contribution in [0.4, 0.5) is 0 Å². The smallest absolute Gasteiger partial charge is 0.302 e. The fourth-order valence-corrected chi connectivity index (χ4v) is 5.01. The predicted octanol–water partition coefficient (Wildman–Crippen LogP) is 3.74. The van der Waals surface area contributed by atoms with Gasteiger partial charge < -0.3 is 9.16 Å². The molecule has 0 radical (unpaired) electrons. The fraction of sp³-hybridized carbons (Fsp3) is 0.944. The van der Waals surface area contributed by atoms with E-state index in [-0.39, 0.29) is 23.2 Å². The lowest BCUT2D eigenvalue weighted by atomic mass is 9.83. The molecule has 0 spiro atoms. The van der Waals surface area contributed by atoms with E-state index in [2.05, 4.69) is 45.9 Å². The number of ether oxygens (including phenoxy) is 1. The molecule has 2 aliphatic rings. The van der Waals surface area contributed by atoms with E-state index in [0.717, 1.165) is 25.8 Å². The maximum absolute atomic E-state index is 10.9. The van der Waals surface area contributed by atoms with Crippen molar-refractivity contribution in [3.05, 3.63) is 0 Å². The molecule has 5 nitrogen and oxygen atoms in total. The summed E-state index contributed by atoms with van der Waals surface area (Å²) < 4.78 is 11.8. The molecule has 0 saturated carbocycles. The van der Waals surface area contributed by atoms with Crippen molar-refractivity contribution >= 4 is 14.3 Å². The first-order valence-electron chi connectivity index (χ1n) is 9.27. The van der Waals surface area contributed by atoms with Crippen LogP contribution in [-0.4, -0.2) is 50.8 Å². The van der Waals surface area contributed by atoms with E-state index < -0.39 is 8.32 Å². The summed E-state index contributed by atoms with van der Waals surface area (Å²) in [6.07, 6.45) is 3.38. The van der Waals surface area contributed by atoms with Gasteiger partial charge in [-0.25, -0.2) is 0 Å². The van der Waals surface area contributed by atoms with Gasteiger partial charge in [-0.1, -0.05) is 20.8 Å². The topological polar surface area (TPSA) is 48.0 Å². The third kappa shape index (κ3) is 4.39. The molecule has 2 aliphatic heterocycles. The molecule has 2 heterocycles. The number of hydrogen-bond acceptors (Lipinski definition) is 5. The van der Waals surface area contributed by atoms with Crippen LogP contribution in [0.1, 0.15) is 53.9 Å². The van der Waals surface area contributed by atoms with Crippen LogP contribution in [-0.2, 0) is 18.8 Å². The number of esters is 1. The van der Waals surface area contributed by atoms with Crippen LogP contribution in [0.5, 0.6) is 0 Å². The van der Waals surface area contributed by atoms with Gasteiger partial charge in [0.1, 0.15) is 0 Å². The quantitative estimate of drug-likeness (QED) is 0.412. The van der Waals surface area contributed by atoms with E-state index in [1.807, 2.05) is 0 Å². The maximum Gasteiger partial charge on any atom is 0.302 e. The molecule has 0 aromatic rings. The molecule has 2 saturated heterocycles. The van der Waals surface area contributed by atoms with Crippen molar-refractivity contribution in [3.63, 3.8) is 0 Å². The second-order valence-corrected chi connectivity index (χ2v) is 13.5. The molecule has 6 heteroatoms. The number of fused-ring (bicyclic) bond motifs is 2. The minimum absolute atomic E-state index is 0.195. The lowest BCUT2D eigenvalue weighted by molar-refractivity contribution is -0.160. The largest absolute Gasteiger partial charge is 0.466 e. The summed E-state index contributed by atoms with van der Waals surface area (Å²) in [7, 11) is -1.79. The Labute approximate surface area is 148 Å². The minimum Gasteiger partial charge on any atom is -0.466 e. The molecule has 2 rings (SSSR count). The lowest BCUT2D eigenvalue weighted by Gasteiger charge is -2.44. The molecule has 5 atom stereocenters. The van der Waals surface area contributed by atoms with Gasteiger partial charge in [0.05, 0.1) is 18.8 Å². The normalized spacial score (nSPS) is 33.5.